The molecule has 5 heteroatoms. The molecule has 3 rings (SSSR count). The Morgan fingerprint density at radius 3 is 2.45 bits per heavy atom. The van der Waals surface area contributed by atoms with Crippen LogP contribution in [0.3, 0.4) is 0 Å². The van der Waals surface area contributed by atoms with Gasteiger partial charge in [-0.25, -0.2) is 4.39 Å². The van der Waals surface area contributed by atoms with Crippen LogP contribution in [-0.4, -0.2) is 0 Å². The fraction of sp³-hybridized carbons (Fsp3) is 0.200. The van der Waals surface area contributed by atoms with Crippen LogP contribution in [0.2, 0.25) is 0 Å². The molecule has 1 atom stereocenters. The van der Waals surface area contributed by atoms with Crippen molar-refractivity contribution < 1.29 is 4.39 Å². The molecule has 1 N–H and O–H groups in total. The molecular weight excluding hydrogens is 453 g/mol. The largest absolute Gasteiger partial charge is 0.376 e. The van der Waals surface area contributed by atoms with E-state index in [4.69, 9.17) is 0 Å². The summed E-state index contributed by atoms with van der Waals surface area (Å²) in [6, 6.07) is 9.30. The summed E-state index contributed by atoms with van der Waals surface area (Å²) in [6.07, 6.45) is 1.89. The van der Waals surface area contributed by atoms with Crippen LogP contribution in [0.4, 0.5) is 10.1 Å². The monoisotopic (exact) mass is 461 g/mol. The number of halogens is 4. The van der Waals surface area contributed by atoms with Crippen molar-refractivity contribution in [3.63, 3.8) is 0 Å². The number of rotatable bonds is 2. The molecule has 2 aromatic rings. The summed E-state index contributed by atoms with van der Waals surface area (Å²) < 4.78 is 16.2. The number of fused-ring (bicyclic) bond motifs is 1. The Morgan fingerprint density at radius 1 is 1.05 bits per heavy atom. The van der Waals surface area contributed by atoms with Gasteiger partial charge in [-0.1, -0.05) is 22.0 Å². The highest BCUT2D eigenvalue weighted by molar-refractivity contribution is 9.11. The van der Waals surface area contributed by atoms with Crippen LogP contribution in [-0.2, 0) is 6.42 Å². The maximum absolute atomic E-state index is 13.2. The first-order valence-electron chi connectivity index (χ1n) is 6.24. The van der Waals surface area contributed by atoms with Gasteiger partial charge in [0.25, 0.3) is 0 Å². The van der Waals surface area contributed by atoms with E-state index in [1.165, 1.54) is 11.6 Å². The first-order valence-corrected chi connectivity index (χ1v) is 8.62. The van der Waals surface area contributed by atoms with E-state index >= 15 is 0 Å². The first-order chi connectivity index (χ1) is 9.54. The van der Waals surface area contributed by atoms with Crippen LogP contribution in [0.1, 0.15) is 23.6 Å². The third kappa shape index (κ3) is 2.81. The van der Waals surface area contributed by atoms with Gasteiger partial charge in [-0.05, 0) is 80.1 Å². The Balaban J connectivity index is 1.91. The molecule has 1 unspecified atom stereocenters. The Hall–Kier alpha value is -0.390. The number of hydrogen-bond acceptors (Lipinski definition) is 1. The van der Waals surface area contributed by atoms with Crippen molar-refractivity contribution in [2.45, 2.75) is 18.9 Å². The molecule has 0 heterocycles. The molecule has 104 valence electrons. The van der Waals surface area contributed by atoms with E-state index in [1.807, 2.05) is 18.2 Å². The van der Waals surface area contributed by atoms with Gasteiger partial charge in [-0.2, -0.15) is 0 Å². The Bertz CT molecular complexity index is 649. The molecule has 0 spiro atoms. The van der Waals surface area contributed by atoms with Gasteiger partial charge in [-0.3, -0.25) is 0 Å². The van der Waals surface area contributed by atoms with E-state index in [0.717, 1.165) is 37.5 Å². The third-order valence-corrected chi connectivity index (χ3v) is 5.22. The van der Waals surface area contributed by atoms with Gasteiger partial charge in [0.15, 0.2) is 0 Å². The quantitative estimate of drug-likeness (QED) is 0.558. The van der Waals surface area contributed by atoms with Crippen molar-refractivity contribution in [2.24, 2.45) is 0 Å². The van der Waals surface area contributed by atoms with Gasteiger partial charge in [0.2, 0.25) is 0 Å². The highest BCUT2D eigenvalue weighted by Gasteiger charge is 2.24. The summed E-state index contributed by atoms with van der Waals surface area (Å²) in [6.45, 7) is 0. The number of nitrogens with one attached hydrogen (secondary N) is 1. The third-order valence-electron chi connectivity index (χ3n) is 3.51. The van der Waals surface area contributed by atoms with Gasteiger partial charge >= 0.3 is 0 Å². The predicted octanol–water partition coefficient (Wildman–Crippen LogP) is 6.21. The Kier molecular flexibility index (Phi) is 4.20. The minimum Gasteiger partial charge on any atom is -0.376 e. The SMILES string of the molecule is Fc1ccc2c(c1)CCC2Nc1c(Br)cc(Br)cc1Br. The van der Waals surface area contributed by atoms with E-state index < -0.39 is 0 Å². The van der Waals surface area contributed by atoms with Gasteiger partial charge in [0.05, 0.1) is 11.7 Å². The molecule has 0 saturated heterocycles. The van der Waals surface area contributed by atoms with Crippen LogP contribution >= 0.6 is 47.8 Å². The van der Waals surface area contributed by atoms with E-state index in [-0.39, 0.29) is 11.9 Å². The number of hydrogen-bond donors (Lipinski definition) is 1. The topological polar surface area (TPSA) is 12.0 Å². The molecule has 0 amide bonds. The molecule has 0 aliphatic heterocycles. The van der Waals surface area contributed by atoms with Crippen LogP contribution in [0.15, 0.2) is 43.7 Å². The molecule has 2 aromatic carbocycles. The summed E-state index contributed by atoms with van der Waals surface area (Å²) in [4.78, 5) is 0. The zero-order valence-corrected chi connectivity index (χ0v) is 15.1. The second kappa shape index (κ2) is 5.78. The normalized spacial score (nSPS) is 17.1. The van der Waals surface area contributed by atoms with Gasteiger partial charge < -0.3 is 5.32 Å². The van der Waals surface area contributed by atoms with E-state index in [9.17, 15) is 4.39 Å². The average Bonchev–Trinajstić information content (AvgIpc) is 2.76. The van der Waals surface area contributed by atoms with Crippen LogP contribution in [0.5, 0.6) is 0 Å². The lowest BCUT2D eigenvalue weighted by atomic mass is 10.1. The summed E-state index contributed by atoms with van der Waals surface area (Å²) in [5.41, 5.74) is 3.32. The highest BCUT2D eigenvalue weighted by atomic mass is 79.9. The standard InChI is InChI=1S/C15H11Br3FN/c16-9-6-12(17)15(13(18)7-9)20-14-4-1-8-5-10(19)2-3-11(8)14/h2-3,5-7,14,20H,1,4H2. The molecule has 0 radical (unpaired) electrons. The van der Waals surface area contributed by atoms with Crippen LogP contribution in [0, 0.1) is 5.82 Å². The number of benzene rings is 2. The van der Waals surface area contributed by atoms with Gasteiger partial charge in [0.1, 0.15) is 5.82 Å². The van der Waals surface area contributed by atoms with Crippen molar-refractivity contribution in [2.75, 3.05) is 5.32 Å². The van der Waals surface area contributed by atoms with Gasteiger partial charge in [0, 0.05) is 13.4 Å². The Morgan fingerprint density at radius 2 is 1.75 bits per heavy atom. The molecule has 0 fully saturated rings. The highest BCUT2D eigenvalue weighted by Crippen LogP contribution is 2.40. The number of anilines is 1. The summed E-state index contributed by atoms with van der Waals surface area (Å²) in [7, 11) is 0. The number of aryl methyl sites for hydroxylation is 1. The molecule has 1 aliphatic carbocycles. The average molecular weight is 464 g/mol. The zero-order valence-electron chi connectivity index (χ0n) is 10.4. The second-order valence-corrected chi connectivity index (χ2v) is 7.45. The molecule has 1 nitrogen and oxygen atoms in total. The van der Waals surface area contributed by atoms with Gasteiger partial charge in [-0.15, -0.1) is 0 Å². The van der Waals surface area contributed by atoms with E-state index in [0.29, 0.717) is 0 Å². The molecule has 1 aliphatic rings. The molecular formula is C15H11Br3FN. The zero-order chi connectivity index (χ0) is 14.3. The van der Waals surface area contributed by atoms with Crippen molar-refractivity contribution in [1.82, 2.24) is 0 Å². The van der Waals surface area contributed by atoms with Crippen LogP contribution in [0.25, 0.3) is 0 Å². The molecule has 0 aromatic heterocycles. The fourth-order valence-electron chi connectivity index (χ4n) is 2.59. The van der Waals surface area contributed by atoms with Crippen molar-refractivity contribution in [1.29, 1.82) is 0 Å². The summed E-state index contributed by atoms with van der Waals surface area (Å²) in [5, 5.41) is 3.54. The maximum Gasteiger partial charge on any atom is 0.123 e. The van der Waals surface area contributed by atoms with E-state index in [2.05, 4.69) is 53.1 Å². The smallest absolute Gasteiger partial charge is 0.123 e. The maximum atomic E-state index is 13.2. The van der Waals surface area contributed by atoms with Crippen LogP contribution < -0.4 is 5.32 Å². The van der Waals surface area contributed by atoms with Crippen molar-refractivity contribution in [3.8, 4) is 0 Å². The minimum absolute atomic E-state index is 0.157. The summed E-state index contributed by atoms with van der Waals surface area (Å²) >= 11 is 10.6. The molecule has 20 heavy (non-hydrogen) atoms. The lowest BCUT2D eigenvalue weighted by molar-refractivity contribution is 0.626. The summed E-state index contributed by atoms with van der Waals surface area (Å²) in [5.74, 6) is -0.157. The Labute approximate surface area is 142 Å². The predicted molar refractivity (Wildman–Crippen MR) is 90.6 cm³/mol. The molecule has 0 saturated carbocycles. The minimum atomic E-state index is -0.157. The first kappa shape index (κ1) is 14.5. The lowest BCUT2D eigenvalue weighted by Crippen LogP contribution is -2.08. The fourth-order valence-corrected chi connectivity index (χ4v) is 5.08. The second-order valence-electron chi connectivity index (χ2n) is 4.82. The van der Waals surface area contributed by atoms with E-state index in [1.54, 1.807) is 6.07 Å². The molecule has 0 bridgehead atoms. The van der Waals surface area contributed by atoms with Crippen molar-refractivity contribution >= 4 is 53.5 Å². The lowest BCUT2D eigenvalue weighted by Gasteiger charge is -2.18. The van der Waals surface area contributed by atoms with Crippen molar-refractivity contribution in [3.05, 3.63) is 60.7 Å².